The number of carbonyl (C=O) groups is 1. The molecule has 84 valence electrons. The highest BCUT2D eigenvalue weighted by Gasteiger charge is 2.26. The van der Waals surface area contributed by atoms with Crippen LogP contribution in [0.2, 0.25) is 0 Å². The van der Waals surface area contributed by atoms with Crippen LogP contribution in [0.25, 0.3) is 5.52 Å². The van der Waals surface area contributed by atoms with Gasteiger partial charge in [-0.3, -0.25) is 4.79 Å². The Hall–Kier alpha value is -1.91. The van der Waals surface area contributed by atoms with Gasteiger partial charge in [0.15, 0.2) is 0 Å². The van der Waals surface area contributed by atoms with Crippen LogP contribution < -0.4 is 0 Å². The van der Waals surface area contributed by atoms with E-state index in [0.717, 1.165) is 5.52 Å². The average molecular weight is 219 g/mol. The molecule has 1 N–H and O–H groups in total. The van der Waals surface area contributed by atoms with Crippen molar-refractivity contribution in [1.29, 1.82) is 0 Å². The van der Waals surface area contributed by atoms with Gasteiger partial charge in [0.25, 0.3) is 0 Å². The highest BCUT2D eigenvalue weighted by atomic mass is 16.4. The van der Waals surface area contributed by atoms with Gasteiger partial charge in [-0.15, -0.1) is 5.10 Å². The lowest BCUT2D eigenvalue weighted by Crippen LogP contribution is -2.20. The molecule has 0 aliphatic heterocycles. The SMILES string of the molecule is CC(C)C(C(=O)O)c1cccc2cnnn12. The van der Waals surface area contributed by atoms with Crippen LogP contribution in [-0.2, 0) is 4.79 Å². The van der Waals surface area contributed by atoms with Crippen molar-refractivity contribution in [2.75, 3.05) is 0 Å². The topological polar surface area (TPSA) is 67.5 Å². The third-order valence-electron chi connectivity index (χ3n) is 2.61. The van der Waals surface area contributed by atoms with Crippen LogP contribution >= 0.6 is 0 Å². The zero-order valence-electron chi connectivity index (χ0n) is 9.16. The predicted molar refractivity (Wildman–Crippen MR) is 58.2 cm³/mol. The van der Waals surface area contributed by atoms with Gasteiger partial charge < -0.3 is 5.11 Å². The minimum atomic E-state index is -0.835. The number of aliphatic carboxylic acids is 1. The molecule has 2 rings (SSSR count). The third kappa shape index (κ3) is 1.64. The Morgan fingerprint density at radius 2 is 2.19 bits per heavy atom. The zero-order valence-corrected chi connectivity index (χ0v) is 9.16. The molecule has 1 unspecified atom stereocenters. The first kappa shape index (κ1) is 10.6. The molecule has 0 spiro atoms. The summed E-state index contributed by atoms with van der Waals surface area (Å²) < 4.78 is 1.58. The molecule has 2 heterocycles. The van der Waals surface area contributed by atoms with Crippen molar-refractivity contribution in [2.24, 2.45) is 5.92 Å². The number of aromatic nitrogens is 3. The summed E-state index contributed by atoms with van der Waals surface area (Å²) in [5.74, 6) is -1.39. The van der Waals surface area contributed by atoms with Crippen LogP contribution in [0.15, 0.2) is 24.4 Å². The Morgan fingerprint density at radius 1 is 1.44 bits per heavy atom. The Balaban J connectivity index is 2.60. The predicted octanol–water partition coefficient (Wildman–Crippen LogP) is 1.55. The van der Waals surface area contributed by atoms with Crippen LogP contribution in [0.1, 0.15) is 25.5 Å². The molecule has 0 bridgehead atoms. The average Bonchev–Trinajstić information content (AvgIpc) is 2.65. The van der Waals surface area contributed by atoms with Crippen LogP contribution in [0.4, 0.5) is 0 Å². The number of carboxylic acid groups (broad SMARTS) is 1. The summed E-state index contributed by atoms with van der Waals surface area (Å²) >= 11 is 0. The number of hydrogen-bond donors (Lipinski definition) is 1. The first-order valence-electron chi connectivity index (χ1n) is 5.13. The molecule has 5 nitrogen and oxygen atoms in total. The molecule has 0 saturated carbocycles. The minimum absolute atomic E-state index is 0.00676. The van der Waals surface area contributed by atoms with Gasteiger partial charge >= 0.3 is 5.97 Å². The second kappa shape index (κ2) is 3.92. The molecule has 0 fully saturated rings. The number of pyridine rings is 1. The molecule has 0 saturated heterocycles. The van der Waals surface area contributed by atoms with E-state index in [2.05, 4.69) is 10.3 Å². The first-order valence-corrected chi connectivity index (χ1v) is 5.13. The highest BCUT2D eigenvalue weighted by Crippen LogP contribution is 2.24. The molecular weight excluding hydrogens is 206 g/mol. The lowest BCUT2D eigenvalue weighted by Gasteiger charge is -2.16. The first-order chi connectivity index (χ1) is 7.61. The van der Waals surface area contributed by atoms with Gasteiger partial charge in [-0.1, -0.05) is 25.1 Å². The van der Waals surface area contributed by atoms with Crippen molar-refractivity contribution in [3.05, 3.63) is 30.1 Å². The van der Waals surface area contributed by atoms with Crippen molar-refractivity contribution < 1.29 is 9.90 Å². The van der Waals surface area contributed by atoms with Gasteiger partial charge in [0.2, 0.25) is 0 Å². The minimum Gasteiger partial charge on any atom is -0.481 e. The Labute approximate surface area is 92.7 Å². The molecule has 16 heavy (non-hydrogen) atoms. The fraction of sp³-hybridized carbons (Fsp3) is 0.364. The standard InChI is InChI=1S/C11H13N3O2/c1-7(2)10(11(15)16)9-5-3-4-8-6-12-13-14(8)9/h3-7,10H,1-2H3,(H,15,16). The Bertz CT molecular complexity index is 519. The lowest BCUT2D eigenvalue weighted by molar-refractivity contribution is -0.140. The van der Waals surface area contributed by atoms with Crippen LogP contribution in [-0.4, -0.2) is 25.9 Å². The van der Waals surface area contributed by atoms with E-state index < -0.39 is 11.9 Å². The quantitative estimate of drug-likeness (QED) is 0.850. The second-order valence-electron chi connectivity index (χ2n) is 4.08. The molecule has 0 aliphatic carbocycles. The maximum absolute atomic E-state index is 11.2. The summed E-state index contributed by atoms with van der Waals surface area (Å²) in [4.78, 5) is 11.2. The van der Waals surface area contributed by atoms with E-state index in [1.54, 1.807) is 16.8 Å². The molecule has 0 radical (unpaired) electrons. The molecule has 1 atom stereocenters. The summed E-state index contributed by atoms with van der Waals surface area (Å²) in [6, 6.07) is 5.45. The van der Waals surface area contributed by atoms with Gasteiger partial charge in [-0.05, 0) is 18.1 Å². The Kier molecular flexibility index (Phi) is 2.60. The molecule has 5 heteroatoms. The molecule has 2 aromatic rings. The van der Waals surface area contributed by atoms with E-state index in [4.69, 9.17) is 0 Å². The van der Waals surface area contributed by atoms with E-state index in [1.165, 1.54) is 0 Å². The summed E-state index contributed by atoms with van der Waals surface area (Å²) in [6.45, 7) is 3.77. The molecule has 0 aromatic carbocycles. The molecule has 0 amide bonds. The number of carboxylic acids is 1. The van der Waals surface area contributed by atoms with Crippen LogP contribution in [0, 0.1) is 5.92 Å². The number of nitrogens with zero attached hydrogens (tertiary/aromatic N) is 3. The van der Waals surface area contributed by atoms with Gasteiger partial charge in [-0.25, -0.2) is 4.52 Å². The maximum Gasteiger partial charge on any atom is 0.312 e. The van der Waals surface area contributed by atoms with E-state index in [9.17, 15) is 9.90 Å². The number of rotatable bonds is 3. The van der Waals surface area contributed by atoms with E-state index >= 15 is 0 Å². The zero-order chi connectivity index (χ0) is 11.7. The smallest absolute Gasteiger partial charge is 0.312 e. The summed E-state index contributed by atoms with van der Waals surface area (Å²) in [7, 11) is 0. The fourth-order valence-corrected chi connectivity index (χ4v) is 1.86. The maximum atomic E-state index is 11.2. The molecule has 2 aromatic heterocycles. The summed E-state index contributed by atoms with van der Waals surface area (Å²) in [6.07, 6.45) is 1.61. The fourth-order valence-electron chi connectivity index (χ4n) is 1.86. The highest BCUT2D eigenvalue weighted by molar-refractivity contribution is 5.76. The van der Waals surface area contributed by atoms with Crippen molar-refractivity contribution >= 4 is 11.5 Å². The van der Waals surface area contributed by atoms with Gasteiger partial charge in [0.1, 0.15) is 5.92 Å². The lowest BCUT2D eigenvalue weighted by atomic mass is 9.92. The van der Waals surface area contributed by atoms with E-state index in [0.29, 0.717) is 5.69 Å². The van der Waals surface area contributed by atoms with Crippen molar-refractivity contribution in [3.8, 4) is 0 Å². The third-order valence-corrected chi connectivity index (χ3v) is 2.61. The normalized spacial score (nSPS) is 13.2. The van der Waals surface area contributed by atoms with Crippen molar-refractivity contribution in [3.63, 3.8) is 0 Å². The largest absolute Gasteiger partial charge is 0.481 e. The van der Waals surface area contributed by atoms with Crippen LogP contribution in [0.3, 0.4) is 0 Å². The monoisotopic (exact) mass is 219 g/mol. The molecular formula is C11H13N3O2. The van der Waals surface area contributed by atoms with Gasteiger partial charge in [-0.2, -0.15) is 0 Å². The van der Waals surface area contributed by atoms with Crippen molar-refractivity contribution in [1.82, 2.24) is 14.8 Å². The number of fused-ring (bicyclic) bond motifs is 1. The molecule has 0 aliphatic rings. The van der Waals surface area contributed by atoms with E-state index in [-0.39, 0.29) is 5.92 Å². The van der Waals surface area contributed by atoms with Gasteiger partial charge in [0.05, 0.1) is 17.4 Å². The Morgan fingerprint density at radius 3 is 2.81 bits per heavy atom. The summed E-state index contributed by atoms with van der Waals surface area (Å²) in [5.41, 5.74) is 1.47. The van der Waals surface area contributed by atoms with E-state index in [1.807, 2.05) is 26.0 Å². The van der Waals surface area contributed by atoms with Crippen LogP contribution in [0.5, 0.6) is 0 Å². The van der Waals surface area contributed by atoms with Gasteiger partial charge in [0, 0.05) is 0 Å². The van der Waals surface area contributed by atoms with Crippen molar-refractivity contribution in [2.45, 2.75) is 19.8 Å². The second-order valence-corrected chi connectivity index (χ2v) is 4.08. The summed E-state index contributed by atoms with van der Waals surface area (Å²) in [5, 5.41) is 16.9. The number of hydrogen-bond acceptors (Lipinski definition) is 3.